The lowest BCUT2D eigenvalue weighted by Gasteiger charge is -2.24. The molecule has 5 heteroatoms. The number of hydrogen-bond acceptors (Lipinski definition) is 4. The third-order valence-electron chi connectivity index (χ3n) is 2.26. The lowest BCUT2D eigenvalue weighted by Crippen LogP contribution is -2.21. The van der Waals surface area contributed by atoms with E-state index in [1.807, 2.05) is 24.3 Å². The Morgan fingerprint density at radius 2 is 2.19 bits per heavy atom. The van der Waals surface area contributed by atoms with E-state index in [9.17, 15) is 0 Å². The van der Waals surface area contributed by atoms with Crippen LogP contribution in [0.1, 0.15) is 11.8 Å². The molecule has 81 valence electrons. The number of ether oxygens (including phenoxy) is 2. The van der Waals surface area contributed by atoms with Crippen LogP contribution in [0.4, 0.5) is 0 Å². The third-order valence-corrected chi connectivity index (χ3v) is 3.15. The second kappa shape index (κ2) is 3.96. The van der Waals surface area contributed by atoms with E-state index in [-0.39, 0.29) is 6.10 Å². The lowest BCUT2D eigenvalue weighted by molar-refractivity contribution is 0.0886. The van der Waals surface area contributed by atoms with E-state index < -0.39 is 0 Å². The SMILES string of the molecule is Clc1nc(C2COc3ccccc3O2)[c]s1. The quantitative estimate of drug-likeness (QED) is 0.782. The maximum absolute atomic E-state index is 5.76. The van der Waals surface area contributed by atoms with Crippen molar-refractivity contribution in [3.63, 3.8) is 0 Å². The predicted octanol–water partition coefficient (Wildman–Crippen LogP) is 3.11. The van der Waals surface area contributed by atoms with Crippen molar-refractivity contribution in [2.24, 2.45) is 0 Å². The summed E-state index contributed by atoms with van der Waals surface area (Å²) >= 11 is 7.03. The zero-order chi connectivity index (χ0) is 11.0. The zero-order valence-electron chi connectivity index (χ0n) is 8.14. The van der Waals surface area contributed by atoms with Gasteiger partial charge in [0, 0.05) is 0 Å². The molecule has 1 aromatic carbocycles. The minimum Gasteiger partial charge on any atom is -0.485 e. The van der Waals surface area contributed by atoms with Gasteiger partial charge in [-0.3, -0.25) is 0 Å². The average molecular weight is 253 g/mol. The molecule has 2 heterocycles. The number of para-hydroxylation sites is 2. The summed E-state index contributed by atoms with van der Waals surface area (Å²) in [6.07, 6.45) is -0.223. The molecule has 0 N–H and O–H groups in total. The second-order valence-corrected chi connectivity index (χ2v) is 4.70. The van der Waals surface area contributed by atoms with Crippen LogP contribution in [0, 0.1) is 5.38 Å². The Balaban J connectivity index is 1.88. The Morgan fingerprint density at radius 1 is 1.38 bits per heavy atom. The molecule has 0 aliphatic carbocycles. The van der Waals surface area contributed by atoms with Gasteiger partial charge in [-0.15, -0.1) is 11.3 Å². The fourth-order valence-corrected chi connectivity index (χ4v) is 2.24. The molecule has 0 amide bonds. The van der Waals surface area contributed by atoms with Crippen molar-refractivity contribution < 1.29 is 9.47 Å². The van der Waals surface area contributed by atoms with Gasteiger partial charge in [0.15, 0.2) is 22.1 Å². The molecule has 0 saturated carbocycles. The highest BCUT2D eigenvalue weighted by Gasteiger charge is 2.24. The molecule has 1 aliphatic heterocycles. The van der Waals surface area contributed by atoms with Gasteiger partial charge in [-0.1, -0.05) is 23.7 Å². The Bertz CT molecular complexity index is 514. The van der Waals surface area contributed by atoms with Crippen LogP contribution in [-0.4, -0.2) is 11.6 Å². The highest BCUT2D eigenvalue weighted by Crippen LogP contribution is 2.36. The Kier molecular flexibility index (Phi) is 2.46. The van der Waals surface area contributed by atoms with Crippen LogP contribution in [0.2, 0.25) is 4.47 Å². The van der Waals surface area contributed by atoms with Gasteiger partial charge in [-0.05, 0) is 12.1 Å². The molecule has 3 nitrogen and oxygen atoms in total. The minimum absolute atomic E-state index is 0.223. The first-order valence-corrected chi connectivity index (χ1v) is 5.95. The fraction of sp³-hybridized carbons (Fsp3) is 0.182. The van der Waals surface area contributed by atoms with Gasteiger partial charge in [0.25, 0.3) is 0 Å². The maximum Gasteiger partial charge on any atom is 0.184 e. The number of rotatable bonds is 1. The van der Waals surface area contributed by atoms with Crippen LogP contribution in [0.15, 0.2) is 24.3 Å². The number of thiazole rings is 1. The van der Waals surface area contributed by atoms with Crippen LogP contribution in [0.25, 0.3) is 0 Å². The summed E-state index contributed by atoms with van der Waals surface area (Å²) < 4.78 is 11.8. The Hall–Kier alpha value is -1.26. The molecule has 0 bridgehead atoms. The first-order chi connectivity index (χ1) is 7.83. The van der Waals surface area contributed by atoms with Crippen molar-refractivity contribution >= 4 is 22.9 Å². The molecular formula is C11H7ClNO2S. The van der Waals surface area contributed by atoms with Crippen LogP contribution in [0.3, 0.4) is 0 Å². The standard InChI is InChI=1S/C11H7ClNO2S/c12-11-13-7(6-16-11)10-5-14-8-3-1-2-4-9(8)15-10/h1-4,10H,5H2. The number of fused-ring (bicyclic) bond motifs is 1. The summed E-state index contributed by atoms with van der Waals surface area (Å²) in [5.74, 6) is 1.50. The molecule has 0 saturated heterocycles. The van der Waals surface area contributed by atoms with Crippen molar-refractivity contribution in [2.45, 2.75) is 6.10 Å². The summed E-state index contributed by atoms with van der Waals surface area (Å²) in [6.45, 7) is 0.438. The molecule has 1 aromatic heterocycles. The molecule has 2 aromatic rings. The zero-order valence-corrected chi connectivity index (χ0v) is 9.72. The summed E-state index contributed by atoms with van der Waals surface area (Å²) in [7, 11) is 0. The summed E-state index contributed by atoms with van der Waals surface area (Å²) in [6, 6.07) is 7.56. The number of halogens is 1. The van der Waals surface area contributed by atoms with Crippen molar-refractivity contribution in [1.82, 2.24) is 4.98 Å². The third kappa shape index (κ3) is 1.74. The first-order valence-electron chi connectivity index (χ1n) is 4.75. The molecule has 1 aliphatic rings. The molecule has 0 fully saturated rings. The first kappa shape index (κ1) is 9.93. The Morgan fingerprint density at radius 3 is 2.94 bits per heavy atom. The van der Waals surface area contributed by atoms with Crippen LogP contribution < -0.4 is 9.47 Å². The molecule has 1 radical (unpaired) electrons. The highest BCUT2D eigenvalue weighted by molar-refractivity contribution is 7.13. The van der Waals surface area contributed by atoms with Gasteiger partial charge in [-0.25, -0.2) is 4.98 Å². The average Bonchev–Trinajstić information content (AvgIpc) is 2.75. The second-order valence-electron chi connectivity index (χ2n) is 3.32. The van der Waals surface area contributed by atoms with Crippen molar-refractivity contribution in [3.05, 3.63) is 39.8 Å². The Labute approximate surface area is 102 Å². The van der Waals surface area contributed by atoms with Crippen LogP contribution in [0.5, 0.6) is 11.5 Å². The molecular weight excluding hydrogens is 246 g/mol. The molecule has 1 unspecified atom stereocenters. The number of aromatic nitrogens is 1. The van der Waals surface area contributed by atoms with Gasteiger partial charge >= 0.3 is 0 Å². The number of hydrogen-bond donors (Lipinski definition) is 0. The monoisotopic (exact) mass is 252 g/mol. The summed E-state index contributed by atoms with van der Waals surface area (Å²) in [5.41, 5.74) is 0.699. The molecule has 1 atom stereocenters. The molecule has 0 spiro atoms. The van der Waals surface area contributed by atoms with E-state index in [4.69, 9.17) is 21.1 Å². The lowest BCUT2D eigenvalue weighted by atomic mass is 10.2. The van der Waals surface area contributed by atoms with Gasteiger partial charge in [0.05, 0.1) is 5.38 Å². The van der Waals surface area contributed by atoms with Gasteiger partial charge in [0.1, 0.15) is 12.3 Å². The van der Waals surface area contributed by atoms with E-state index in [0.717, 1.165) is 11.5 Å². The minimum atomic E-state index is -0.223. The van der Waals surface area contributed by atoms with Gasteiger partial charge in [-0.2, -0.15) is 0 Å². The summed E-state index contributed by atoms with van der Waals surface area (Å²) in [4.78, 5) is 4.13. The summed E-state index contributed by atoms with van der Waals surface area (Å²) in [5, 5.41) is 3.00. The van der Waals surface area contributed by atoms with Crippen molar-refractivity contribution in [1.29, 1.82) is 0 Å². The number of nitrogens with zero attached hydrogens (tertiary/aromatic N) is 1. The largest absolute Gasteiger partial charge is 0.485 e. The fourth-order valence-electron chi connectivity index (χ4n) is 1.53. The van der Waals surface area contributed by atoms with E-state index >= 15 is 0 Å². The van der Waals surface area contributed by atoms with E-state index in [2.05, 4.69) is 10.4 Å². The van der Waals surface area contributed by atoms with Crippen molar-refractivity contribution in [3.8, 4) is 11.5 Å². The topological polar surface area (TPSA) is 31.4 Å². The highest BCUT2D eigenvalue weighted by atomic mass is 35.5. The van der Waals surface area contributed by atoms with Crippen LogP contribution in [-0.2, 0) is 0 Å². The van der Waals surface area contributed by atoms with E-state index in [0.29, 0.717) is 16.8 Å². The number of benzene rings is 1. The van der Waals surface area contributed by atoms with Crippen molar-refractivity contribution in [2.75, 3.05) is 6.61 Å². The normalized spacial score (nSPS) is 18.4. The molecule has 3 rings (SSSR count). The van der Waals surface area contributed by atoms with E-state index in [1.165, 1.54) is 11.3 Å². The van der Waals surface area contributed by atoms with Crippen LogP contribution >= 0.6 is 22.9 Å². The predicted molar refractivity (Wildman–Crippen MR) is 61.3 cm³/mol. The van der Waals surface area contributed by atoms with Gasteiger partial charge in [0.2, 0.25) is 0 Å². The maximum atomic E-state index is 5.76. The van der Waals surface area contributed by atoms with E-state index in [1.54, 1.807) is 0 Å². The smallest absolute Gasteiger partial charge is 0.184 e. The van der Waals surface area contributed by atoms with Gasteiger partial charge < -0.3 is 9.47 Å². The molecule has 16 heavy (non-hydrogen) atoms.